The van der Waals surface area contributed by atoms with Crippen LogP contribution < -0.4 is 26.0 Å². The Morgan fingerprint density at radius 3 is 2.29 bits per heavy atom. The third-order valence-electron chi connectivity index (χ3n) is 6.82. The fraction of sp³-hybridized carbons (Fsp3) is 0.516. The second-order valence-corrected chi connectivity index (χ2v) is 15.0. The van der Waals surface area contributed by atoms with E-state index in [0.29, 0.717) is 17.0 Å². The first kappa shape index (κ1) is 37.2. The maximum Gasteiger partial charge on any atom is 0.408 e. The number of rotatable bonds is 12. The number of amides is 3. The number of anilines is 3. The molecule has 3 aromatic rings. The van der Waals surface area contributed by atoms with Crippen molar-refractivity contribution in [2.45, 2.75) is 89.9 Å². The lowest BCUT2D eigenvalue weighted by Gasteiger charge is -2.30. The number of nitrogens with one attached hydrogen (secondary N) is 4. The highest BCUT2D eigenvalue weighted by molar-refractivity contribution is 6.60. The quantitative estimate of drug-likeness (QED) is 0.204. The first-order valence-corrected chi connectivity index (χ1v) is 16.2. The van der Waals surface area contributed by atoms with Crippen molar-refractivity contribution in [3.8, 4) is 17.2 Å². The molecule has 18 heteroatoms. The fourth-order valence-corrected chi connectivity index (χ4v) is 4.78. The Morgan fingerprint density at radius 1 is 1.00 bits per heavy atom. The zero-order valence-electron chi connectivity index (χ0n) is 30.1. The topological polar surface area (TPSA) is 192 Å². The van der Waals surface area contributed by atoms with Gasteiger partial charge in [0.25, 0.3) is 11.8 Å². The Balaban J connectivity index is 1.70. The molecule has 15 nitrogen and oxygen atoms in total. The van der Waals surface area contributed by atoms with Crippen LogP contribution in [0.1, 0.15) is 83.7 Å². The van der Waals surface area contributed by atoms with Crippen LogP contribution in [0.15, 0.2) is 28.8 Å². The van der Waals surface area contributed by atoms with Crippen molar-refractivity contribution in [1.82, 2.24) is 31.0 Å². The molecule has 1 saturated carbocycles. The normalized spacial score (nSPS) is 14.7. The van der Waals surface area contributed by atoms with Gasteiger partial charge in [0.1, 0.15) is 35.2 Å². The molecule has 0 radical (unpaired) electrons. The van der Waals surface area contributed by atoms with Crippen molar-refractivity contribution >= 4 is 58.6 Å². The van der Waals surface area contributed by atoms with E-state index in [0.717, 1.165) is 12.8 Å². The van der Waals surface area contributed by atoms with Crippen LogP contribution in [0, 0.1) is 5.92 Å². The predicted molar refractivity (Wildman–Crippen MR) is 191 cm³/mol. The van der Waals surface area contributed by atoms with E-state index in [1.54, 1.807) is 52.0 Å². The lowest BCUT2D eigenvalue weighted by atomic mass is 9.49. The van der Waals surface area contributed by atoms with Crippen molar-refractivity contribution < 1.29 is 33.1 Å². The summed E-state index contributed by atoms with van der Waals surface area (Å²) in [5, 5.41) is 23.6. The van der Waals surface area contributed by atoms with Gasteiger partial charge >= 0.3 is 6.09 Å². The summed E-state index contributed by atoms with van der Waals surface area (Å²) in [4.78, 5) is 43.2. The Hall–Kier alpha value is -4.60. The van der Waals surface area contributed by atoms with Crippen LogP contribution in [-0.4, -0.2) is 91.4 Å². The molecule has 1 aliphatic carbocycles. The van der Waals surface area contributed by atoms with E-state index in [2.05, 4.69) is 41.6 Å². The molecule has 4 N–H and O–H groups in total. The molecular weight excluding hydrogens is 629 g/mol. The average molecular weight is 674 g/mol. The number of carbonyl (C=O) groups excluding carboxylic acids is 3. The molecule has 49 heavy (non-hydrogen) atoms. The van der Waals surface area contributed by atoms with Crippen molar-refractivity contribution in [2.75, 3.05) is 17.7 Å². The van der Waals surface area contributed by atoms with Gasteiger partial charge in [0.2, 0.25) is 5.91 Å². The van der Waals surface area contributed by atoms with Gasteiger partial charge in [0.15, 0.2) is 23.1 Å². The second-order valence-electron chi connectivity index (χ2n) is 15.0. The van der Waals surface area contributed by atoms with Crippen molar-refractivity contribution in [2.24, 2.45) is 5.92 Å². The average Bonchev–Trinajstić information content (AvgIpc) is 3.70. The highest BCUT2D eigenvalue weighted by Gasteiger charge is 2.33. The van der Waals surface area contributed by atoms with Crippen molar-refractivity contribution in [3.05, 3.63) is 35.8 Å². The summed E-state index contributed by atoms with van der Waals surface area (Å²) in [6.45, 7) is 12.8. The van der Waals surface area contributed by atoms with Crippen molar-refractivity contribution in [3.63, 3.8) is 0 Å². The molecule has 1 aliphatic rings. The smallest absolute Gasteiger partial charge is 0.408 e. The maximum atomic E-state index is 13.3. The van der Waals surface area contributed by atoms with E-state index in [-0.39, 0.29) is 40.7 Å². The molecule has 0 aliphatic heterocycles. The van der Waals surface area contributed by atoms with E-state index in [1.165, 1.54) is 7.11 Å². The van der Waals surface area contributed by atoms with Crippen LogP contribution in [0.5, 0.6) is 5.75 Å². The number of methoxy groups -OCH3 is 1. The molecule has 4 rings (SSSR count). The van der Waals surface area contributed by atoms with Crippen LogP contribution >= 0.6 is 0 Å². The van der Waals surface area contributed by atoms with Crippen LogP contribution in [0.25, 0.3) is 11.5 Å². The van der Waals surface area contributed by atoms with Crippen LogP contribution in [-0.2, 0) is 14.3 Å². The lowest BCUT2D eigenvalue weighted by molar-refractivity contribution is -0.117. The minimum atomic E-state index is -0.824. The summed E-state index contributed by atoms with van der Waals surface area (Å²) in [5.74, 6) is 0.100. The molecule has 3 amide bonds. The number of para-hydroxylation sites is 1. The highest BCUT2D eigenvalue weighted by Crippen LogP contribution is 2.39. The van der Waals surface area contributed by atoms with Gasteiger partial charge in [-0.15, -0.1) is 10.2 Å². The van der Waals surface area contributed by atoms with E-state index in [1.807, 2.05) is 44.3 Å². The number of alkyl carbamates (subject to hydrolysis) is 1. The molecule has 1 aromatic carbocycles. The second kappa shape index (κ2) is 14.5. The van der Waals surface area contributed by atoms with Gasteiger partial charge in [-0.25, -0.2) is 4.79 Å². The zero-order valence-corrected chi connectivity index (χ0v) is 30.1. The molecule has 0 saturated heterocycles. The molecule has 260 valence electrons. The van der Waals surface area contributed by atoms with Crippen LogP contribution in [0.3, 0.4) is 0 Å². The van der Waals surface area contributed by atoms with Gasteiger partial charge in [-0.2, -0.15) is 4.98 Å². The maximum absolute atomic E-state index is 13.3. The summed E-state index contributed by atoms with van der Waals surface area (Å²) in [6.07, 6.45) is 0.400. The summed E-state index contributed by atoms with van der Waals surface area (Å²) in [5.41, 5.74) is -0.113. The monoisotopic (exact) mass is 674 g/mol. The predicted octanol–water partition coefficient (Wildman–Crippen LogP) is 1.64. The molecule has 0 bridgehead atoms. The molecule has 2 heterocycles. The third kappa shape index (κ3) is 10.7. The van der Waals surface area contributed by atoms with Crippen LogP contribution in [0.4, 0.5) is 22.0 Å². The van der Waals surface area contributed by atoms with Gasteiger partial charge < -0.3 is 40.0 Å². The number of hydrogen-bond donors (Lipinski definition) is 4. The van der Waals surface area contributed by atoms with Gasteiger partial charge in [-0.1, -0.05) is 11.2 Å². The highest BCUT2D eigenvalue weighted by atomic mass is 16.6. The summed E-state index contributed by atoms with van der Waals surface area (Å²) in [7, 11) is 7.03. The molecule has 0 spiro atoms. The third-order valence-corrected chi connectivity index (χ3v) is 6.82. The first-order chi connectivity index (χ1) is 22.7. The van der Waals surface area contributed by atoms with Gasteiger partial charge in [-0.05, 0) is 78.7 Å². The largest absolute Gasteiger partial charge is 0.494 e. The fourth-order valence-electron chi connectivity index (χ4n) is 4.78. The van der Waals surface area contributed by atoms with E-state index >= 15 is 0 Å². The molecule has 1 fully saturated rings. The number of ether oxygens (including phenoxy) is 3. The molecule has 0 unspecified atom stereocenters. The SMILES string of the molecule is BC(B)(B)NC(=O)c1nnc(NC(=O)C2CC2)cc1Nc1cccc(-c2nc([C@H](NC(=O)OC(C)(C)C)[C@H](C)OC(C)(C)C)no2)c1OC. The standard InChI is InChI=1S/C31H45B3N8O7/c1-15(47-29(2,3)4)21(37-28(45)48-30(5,6)7)24-38-27(49-42-24)17-10-9-11-18(23(17)46-8)35-19-14-20(36-25(43)16-12-13-16)40-41-22(19)26(44)39-31(32,33)34/h9-11,14-16,21H,12-13,32-34H2,1-8H3,(H,37,45)(H,39,44)(H2,35,36,40,43)/t15-,21+/m0/s1. The van der Waals surface area contributed by atoms with Gasteiger partial charge in [0, 0.05) is 12.0 Å². The van der Waals surface area contributed by atoms with Gasteiger partial charge in [-0.3, -0.25) is 9.59 Å². The Bertz CT molecular complexity index is 1680. The molecule has 2 aromatic heterocycles. The van der Waals surface area contributed by atoms with Crippen molar-refractivity contribution in [1.29, 1.82) is 0 Å². The number of aromatic nitrogens is 4. The Kier molecular flexibility index (Phi) is 11.0. The number of nitrogens with zero attached hydrogens (tertiary/aromatic N) is 4. The first-order valence-electron chi connectivity index (χ1n) is 16.2. The summed E-state index contributed by atoms with van der Waals surface area (Å²) < 4.78 is 23.1. The molecule has 2 atom stereocenters. The Labute approximate surface area is 289 Å². The summed E-state index contributed by atoms with van der Waals surface area (Å²) in [6, 6.07) is 5.93. The number of hydrogen-bond acceptors (Lipinski definition) is 12. The summed E-state index contributed by atoms with van der Waals surface area (Å²) >= 11 is 0. The van der Waals surface area contributed by atoms with E-state index in [9.17, 15) is 14.4 Å². The number of benzene rings is 1. The number of carbonyl (C=O) groups is 3. The minimum Gasteiger partial charge on any atom is -0.494 e. The minimum absolute atomic E-state index is 0.00998. The van der Waals surface area contributed by atoms with E-state index in [4.69, 9.17) is 18.7 Å². The lowest BCUT2D eigenvalue weighted by Crippen LogP contribution is -2.50. The zero-order chi connectivity index (χ0) is 36.3. The van der Waals surface area contributed by atoms with E-state index < -0.39 is 40.6 Å². The van der Waals surface area contributed by atoms with Gasteiger partial charge in [0.05, 0.1) is 35.8 Å². The molecular formula is C31H45B3N8O7. The van der Waals surface area contributed by atoms with Crippen LogP contribution in [0.2, 0.25) is 0 Å². The Morgan fingerprint density at radius 2 is 1.69 bits per heavy atom.